The van der Waals surface area contributed by atoms with E-state index in [1.54, 1.807) is 6.92 Å². The summed E-state index contributed by atoms with van der Waals surface area (Å²) in [5, 5.41) is 17.6. The number of anilines is 1. The van der Waals surface area contributed by atoms with Gasteiger partial charge in [0.05, 0.1) is 10.6 Å². The zero-order chi connectivity index (χ0) is 16.3. The van der Waals surface area contributed by atoms with Crippen molar-refractivity contribution in [3.63, 3.8) is 0 Å². The Labute approximate surface area is 138 Å². The molecule has 0 spiro atoms. The van der Waals surface area contributed by atoms with Gasteiger partial charge in [-0.1, -0.05) is 29.8 Å². The average molecular weight is 342 g/mol. The number of urea groups is 1. The minimum Gasteiger partial charge on any atom is -0.387 e. The molecule has 0 unspecified atom stereocenters. The lowest BCUT2D eigenvalue weighted by molar-refractivity contribution is 0.0364. The molecule has 1 atom stereocenters. The minimum atomic E-state index is -0.995. The Hall–Kier alpha value is -1.34. The smallest absolute Gasteiger partial charge is 0.319 e. The van der Waals surface area contributed by atoms with Crippen LogP contribution in [0.3, 0.4) is 0 Å². The molecule has 120 valence electrons. The normalized spacial score (nSPS) is 14.1. The fourth-order valence-electron chi connectivity index (χ4n) is 2.25. The van der Waals surface area contributed by atoms with E-state index in [0.717, 1.165) is 10.1 Å². The van der Waals surface area contributed by atoms with Gasteiger partial charge in [0.25, 0.3) is 0 Å². The van der Waals surface area contributed by atoms with Crippen molar-refractivity contribution in [2.45, 2.75) is 12.5 Å². The van der Waals surface area contributed by atoms with Gasteiger partial charge in [0, 0.05) is 23.2 Å². The number of likely N-dealkylation sites (N-methyl/N-ethyl adjacent to an activating group) is 1. The fraction of sp³-hybridized carbons (Fsp3) is 0.400. The maximum absolute atomic E-state index is 12.0. The zero-order valence-electron chi connectivity index (χ0n) is 12.8. The number of halogens is 1. The number of benzene rings is 1. The maximum Gasteiger partial charge on any atom is 0.319 e. The lowest BCUT2D eigenvalue weighted by Crippen LogP contribution is -2.48. The topological polar surface area (TPSA) is 64.6 Å². The molecule has 1 aromatic heterocycles. The molecule has 22 heavy (non-hydrogen) atoms. The predicted molar refractivity (Wildman–Crippen MR) is 93.0 cm³/mol. The first-order chi connectivity index (χ1) is 10.3. The molecule has 0 aliphatic heterocycles. The van der Waals surface area contributed by atoms with Crippen molar-refractivity contribution < 1.29 is 9.90 Å². The molecule has 0 radical (unpaired) electrons. The Bertz CT molecular complexity index is 670. The number of fused-ring (bicyclic) bond motifs is 1. The predicted octanol–water partition coefficient (Wildman–Crippen LogP) is 2.99. The Morgan fingerprint density at radius 2 is 2.09 bits per heavy atom. The van der Waals surface area contributed by atoms with Crippen molar-refractivity contribution in [3.8, 4) is 0 Å². The molecule has 5 nitrogen and oxygen atoms in total. The average Bonchev–Trinajstić information content (AvgIpc) is 2.73. The highest BCUT2D eigenvalue weighted by molar-refractivity contribution is 7.23. The summed E-state index contributed by atoms with van der Waals surface area (Å²) in [6, 6.07) is 7.32. The molecule has 7 heteroatoms. The van der Waals surface area contributed by atoms with Gasteiger partial charge < -0.3 is 15.3 Å². The van der Waals surface area contributed by atoms with Crippen LogP contribution in [0.5, 0.6) is 0 Å². The number of carbonyl (C=O) groups excluding carboxylic acids is 1. The Morgan fingerprint density at radius 1 is 1.41 bits per heavy atom. The molecule has 0 aliphatic carbocycles. The molecule has 0 bridgehead atoms. The van der Waals surface area contributed by atoms with E-state index in [1.165, 1.54) is 11.3 Å². The second kappa shape index (κ2) is 6.83. The van der Waals surface area contributed by atoms with Gasteiger partial charge in [0.2, 0.25) is 0 Å². The van der Waals surface area contributed by atoms with Crippen molar-refractivity contribution in [1.82, 2.24) is 10.2 Å². The number of hydrogen-bond donors (Lipinski definition) is 3. The van der Waals surface area contributed by atoms with Crippen molar-refractivity contribution in [3.05, 3.63) is 29.3 Å². The lowest BCUT2D eigenvalue weighted by Gasteiger charge is -2.27. The van der Waals surface area contributed by atoms with Gasteiger partial charge in [-0.15, -0.1) is 11.3 Å². The van der Waals surface area contributed by atoms with Gasteiger partial charge in [0.1, 0.15) is 5.00 Å². The zero-order valence-corrected chi connectivity index (χ0v) is 14.4. The van der Waals surface area contributed by atoms with E-state index in [-0.39, 0.29) is 12.6 Å². The van der Waals surface area contributed by atoms with Crippen LogP contribution in [-0.2, 0) is 0 Å². The molecule has 2 rings (SSSR count). The molecule has 1 heterocycles. The van der Waals surface area contributed by atoms with Crippen molar-refractivity contribution in [2.75, 3.05) is 32.5 Å². The number of amides is 2. The third kappa shape index (κ3) is 4.33. The minimum absolute atomic E-state index is 0.152. The van der Waals surface area contributed by atoms with E-state index in [0.29, 0.717) is 16.6 Å². The summed E-state index contributed by atoms with van der Waals surface area (Å²) in [5.41, 5.74) is -0.995. The van der Waals surface area contributed by atoms with Gasteiger partial charge >= 0.3 is 6.03 Å². The molecule has 0 saturated carbocycles. The summed E-state index contributed by atoms with van der Waals surface area (Å²) in [5.74, 6) is 0. The summed E-state index contributed by atoms with van der Waals surface area (Å²) >= 11 is 7.69. The van der Waals surface area contributed by atoms with E-state index in [4.69, 9.17) is 11.6 Å². The van der Waals surface area contributed by atoms with Crippen LogP contribution in [0.1, 0.15) is 6.92 Å². The molecular weight excluding hydrogens is 322 g/mol. The highest BCUT2D eigenvalue weighted by Gasteiger charge is 2.22. The Kier molecular flexibility index (Phi) is 5.28. The van der Waals surface area contributed by atoms with E-state index in [9.17, 15) is 9.90 Å². The largest absolute Gasteiger partial charge is 0.387 e. The van der Waals surface area contributed by atoms with Gasteiger partial charge in [0.15, 0.2) is 0 Å². The van der Waals surface area contributed by atoms with E-state index in [2.05, 4.69) is 10.6 Å². The van der Waals surface area contributed by atoms with Crippen LogP contribution in [0.2, 0.25) is 5.02 Å². The maximum atomic E-state index is 12.0. The molecule has 0 aliphatic rings. The van der Waals surface area contributed by atoms with Crippen LogP contribution in [0.25, 0.3) is 10.1 Å². The second-order valence-corrected chi connectivity index (χ2v) is 7.21. The molecule has 0 saturated heterocycles. The van der Waals surface area contributed by atoms with Gasteiger partial charge in [-0.25, -0.2) is 4.79 Å². The summed E-state index contributed by atoms with van der Waals surface area (Å²) in [6.45, 7) is 2.29. The van der Waals surface area contributed by atoms with Crippen LogP contribution < -0.4 is 10.6 Å². The summed E-state index contributed by atoms with van der Waals surface area (Å²) < 4.78 is 1.02. The molecule has 1 aromatic carbocycles. The van der Waals surface area contributed by atoms with E-state index >= 15 is 0 Å². The highest BCUT2D eigenvalue weighted by Crippen LogP contribution is 2.39. The fourth-order valence-corrected chi connectivity index (χ4v) is 3.62. The van der Waals surface area contributed by atoms with Crippen LogP contribution in [0.4, 0.5) is 9.80 Å². The number of nitrogens with zero attached hydrogens (tertiary/aromatic N) is 1. The van der Waals surface area contributed by atoms with Gasteiger partial charge in [-0.3, -0.25) is 5.32 Å². The van der Waals surface area contributed by atoms with Crippen LogP contribution in [0, 0.1) is 0 Å². The summed E-state index contributed by atoms with van der Waals surface area (Å²) in [4.78, 5) is 13.8. The standard InChI is InChI=1S/C15H20ClN3O2S/c1-15(21,9-19(2)3)8-17-14(20)18-13-12(16)10-6-4-5-7-11(10)22-13/h4-7,21H,8-9H2,1-3H3,(H2,17,18,20)/t15-/m0/s1. The van der Waals surface area contributed by atoms with Crippen LogP contribution >= 0.6 is 22.9 Å². The quantitative estimate of drug-likeness (QED) is 0.783. The number of hydrogen-bond acceptors (Lipinski definition) is 4. The lowest BCUT2D eigenvalue weighted by atomic mass is 10.1. The first-order valence-electron chi connectivity index (χ1n) is 6.87. The molecule has 2 aromatic rings. The monoisotopic (exact) mass is 341 g/mol. The summed E-state index contributed by atoms with van der Waals surface area (Å²) in [6.07, 6.45) is 0. The van der Waals surface area contributed by atoms with Crippen LogP contribution in [-0.4, -0.2) is 48.8 Å². The Morgan fingerprint density at radius 3 is 2.73 bits per heavy atom. The molecular formula is C15H20ClN3O2S. The first-order valence-corrected chi connectivity index (χ1v) is 8.07. The van der Waals surface area contributed by atoms with Gasteiger partial charge in [-0.05, 0) is 27.1 Å². The third-order valence-corrected chi connectivity index (χ3v) is 4.64. The number of nitrogens with one attached hydrogen (secondary N) is 2. The number of thiophene rings is 1. The number of carbonyl (C=O) groups is 1. The second-order valence-electron chi connectivity index (χ2n) is 5.78. The van der Waals surface area contributed by atoms with Crippen molar-refractivity contribution in [1.29, 1.82) is 0 Å². The number of rotatable bonds is 5. The van der Waals surface area contributed by atoms with E-state index < -0.39 is 5.60 Å². The molecule has 0 fully saturated rings. The molecule has 2 amide bonds. The van der Waals surface area contributed by atoms with Crippen molar-refractivity contribution in [2.24, 2.45) is 0 Å². The van der Waals surface area contributed by atoms with Crippen LogP contribution in [0.15, 0.2) is 24.3 Å². The summed E-state index contributed by atoms with van der Waals surface area (Å²) in [7, 11) is 3.73. The highest BCUT2D eigenvalue weighted by atomic mass is 35.5. The number of aliphatic hydroxyl groups is 1. The Balaban J connectivity index is 1.98. The van der Waals surface area contributed by atoms with E-state index in [1.807, 2.05) is 43.3 Å². The third-order valence-electron chi connectivity index (χ3n) is 3.05. The molecule has 3 N–H and O–H groups in total. The van der Waals surface area contributed by atoms with Gasteiger partial charge in [-0.2, -0.15) is 0 Å². The SMILES string of the molecule is CN(C)C[C@@](C)(O)CNC(=O)Nc1sc2ccccc2c1Cl. The van der Waals surface area contributed by atoms with Crippen molar-refractivity contribution >= 4 is 44.1 Å². The first kappa shape index (κ1) is 17.0.